The third kappa shape index (κ3) is 20.0. The smallest absolute Gasteiger partial charge is 0.127 e. The van der Waals surface area contributed by atoms with Crippen LogP contribution in [0, 0.1) is 27.7 Å². The van der Waals surface area contributed by atoms with Crippen LogP contribution in [0.2, 0.25) is 0 Å². The molecule has 0 aromatic heterocycles. The van der Waals surface area contributed by atoms with Gasteiger partial charge >= 0.3 is 0 Å². The number of rotatable bonds is 6. The first kappa shape index (κ1) is 47.2. The van der Waals surface area contributed by atoms with E-state index >= 15 is 0 Å². The fourth-order valence-electron chi connectivity index (χ4n) is 4.98. The maximum Gasteiger partial charge on any atom is 0.127 e. The Balaban J connectivity index is 0.000000344. The minimum absolute atomic E-state index is 0.134. The molecule has 4 heteroatoms. The number of hydrogen-bond donors (Lipinski definition) is 0. The summed E-state index contributed by atoms with van der Waals surface area (Å²) in [5.41, 5.74) is 7.42. The van der Waals surface area contributed by atoms with Crippen LogP contribution in [0.3, 0.4) is 0 Å². The van der Waals surface area contributed by atoms with Gasteiger partial charge in [-0.2, -0.15) is 0 Å². The Labute approximate surface area is 343 Å². The Morgan fingerprint density at radius 3 is 0.684 bits per heavy atom. The Morgan fingerprint density at radius 2 is 0.474 bits per heavy atom. The van der Waals surface area contributed by atoms with Crippen LogP contribution in [-0.2, 0) is 14.9 Å². The molecule has 0 amide bonds. The highest BCUT2D eigenvalue weighted by Gasteiger charge is 2.23. The van der Waals surface area contributed by atoms with Gasteiger partial charge in [0.25, 0.3) is 0 Å². The molecular weight excluding hydrogens is 701 g/mol. The summed E-state index contributed by atoms with van der Waals surface area (Å²) in [6, 6.07) is 65.4. The van der Waals surface area contributed by atoms with E-state index in [1.54, 1.807) is 28.4 Å². The van der Waals surface area contributed by atoms with Crippen molar-refractivity contribution in [1.82, 2.24) is 0 Å². The average molecular weight is 763 g/mol. The van der Waals surface area contributed by atoms with Crippen molar-refractivity contribution in [2.45, 2.75) is 47.0 Å². The monoisotopic (exact) mass is 762 g/mol. The standard InChI is InChI=1S/C29H28O2.2C7H8.C6H6.2C2H6O/c1-21-5-13-25(14-6-21)30-27-17-9-23(10-18-27)29(3,4)24-11-19-28(20-12-24)31-26-15-7-22(2)8-16-26;2*1-7-5-3-2-4-6-7;1-2-4-6-5-3-1;2*1-3-2/h5-20H,1-4H3;2*2-6H,1H3;1-6H;2*1-2H3. The first-order valence-corrected chi connectivity index (χ1v) is 19.1. The van der Waals surface area contributed by atoms with E-state index in [-0.39, 0.29) is 5.41 Å². The third-order valence-electron chi connectivity index (χ3n) is 8.21. The normalized spacial score (nSPS) is 9.72. The number of ether oxygens (including phenoxy) is 4. The number of benzene rings is 7. The molecule has 0 unspecified atom stereocenters. The van der Waals surface area contributed by atoms with Gasteiger partial charge in [-0.1, -0.05) is 182 Å². The van der Waals surface area contributed by atoms with Gasteiger partial charge in [0.2, 0.25) is 0 Å². The van der Waals surface area contributed by atoms with Crippen LogP contribution < -0.4 is 9.47 Å². The van der Waals surface area contributed by atoms with Gasteiger partial charge in [-0.3, -0.25) is 0 Å². The van der Waals surface area contributed by atoms with E-state index in [1.165, 1.54) is 33.4 Å². The van der Waals surface area contributed by atoms with Gasteiger partial charge in [0.15, 0.2) is 0 Å². The predicted molar refractivity (Wildman–Crippen MR) is 242 cm³/mol. The molecule has 0 saturated carbocycles. The summed E-state index contributed by atoms with van der Waals surface area (Å²) < 4.78 is 20.4. The minimum atomic E-state index is -0.134. The molecule has 0 atom stereocenters. The number of hydrogen-bond acceptors (Lipinski definition) is 4. The molecule has 4 nitrogen and oxygen atoms in total. The second-order valence-corrected chi connectivity index (χ2v) is 13.8. The lowest BCUT2D eigenvalue weighted by atomic mass is 9.78. The van der Waals surface area contributed by atoms with E-state index in [2.05, 4.69) is 124 Å². The molecule has 0 aliphatic heterocycles. The van der Waals surface area contributed by atoms with Crippen LogP contribution in [0.15, 0.2) is 194 Å². The molecule has 0 bridgehead atoms. The van der Waals surface area contributed by atoms with Gasteiger partial charge in [0.05, 0.1) is 0 Å². The predicted octanol–water partition coefficient (Wildman–Crippen LogP) is 14.4. The van der Waals surface area contributed by atoms with Crippen molar-refractivity contribution in [3.8, 4) is 23.0 Å². The average Bonchev–Trinajstić information content (AvgIpc) is 3.23. The fraction of sp³-hybridized carbons (Fsp3) is 0.208. The van der Waals surface area contributed by atoms with Crippen molar-refractivity contribution in [2.24, 2.45) is 0 Å². The number of methoxy groups -OCH3 is 2. The van der Waals surface area contributed by atoms with Crippen LogP contribution in [-0.4, -0.2) is 28.4 Å². The van der Waals surface area contributed by atoms with E-state index < -0.39 is 0 Å². The zero-order valence-electron chi connectivity index (χ0n) is 35.6. The lowest BCUT2D eigenvalue weighted by Crippen LogP contribution is -2.18. The zero-order valence-corrected chi connectivity index (χ0v) is 35.6. The van der Waals surface area contributed by atoms with E-state index in [9.17, 15) is 0 Å². The van der Waals surface area contributed by atoms with E-state index in [0.29, 0.717) is 0 Å². The molecule has 0 radical (unpaired) electrons. The van der Waals surface area contributed by atoms with Crippen molar-refractivity contribution in [3.63, 3.8) is 0 Å². The van der Waals surface area contributed by atoms with E-state index in [1.807, 2.05) is 121 Å². The van der Waals surface area contributed by atoms with Gasteiger partial charge in [0, 0.05) is 33.9 Å². The topological polar surface area (TPSA) is 36.9 Å². The lowest BCUT2D eigenvalue weighted by Gasteiger charge is -2.26. The molecule has 7 aromatic carbocycles. The molecule has 57 heavy (non-hydrogen) atoms. The van der Waals surface area contributed by atoms with Crippen LogP contribution >= 0.6 is 0 Å². The minimum Gasteiger partial charge on any atom is -0.457 e. The largest absolute Gasteiger partial charge is 0.457 e. The molecule has 0 aliphatic carbocycles. The van der Waals surface area contributed by atoms with Gasteiger partial charge in [-0.25, -0.2) is 0 Å². The van der Waals surface area contributed by atoms with Gasteiger partial charge in [-0.15, -0.1) is 0 Å². The molecule has 298 valence electrons. The molecule has 7 aromatic rings. The maximum atomic E-state index is 5.97. The molecule has 0 fully saturated rings. The molecule has 0 N–H and O–H groups in total. The van der Waals surface area contributed by atoms with Crippen molar-refractivity contribution in [1.29, 1.82) is 0 Å². The molecule has 0 heterocycles. The quantitative estimate of drug-likeness (QED) is 0.169. The Morgan fingerprint density at radius 1 is 0.281 bits per heavy atom. The fourth-order valence-corrected chi connectivity index (χ4v) is 4.98. The summed E-state index contributed by atoms with van der Waals surface area (Å²) in [6.07, 6.45) is 0. The first-order valence-electron chi connectivity index (χ1n) is 19.1. The summed E-state index contributed by atoms with van der Waals surface area (Å²) in [6.45, 7) is 12.8. The van der Waals surface area contributed by atoms with Crippen molar-refractivity contribution >= 4 is 0 Å². The highest BCUT2D eigenvalue weighted by atomic mass is 16.5. The van der Waals surface area contributed by atoms with Crippen molar-refractivity contribution < 1.29 is 18.9 Å². The molecule has 0 saturated heterocycles. The van der Waals surface area contributed by atoms with Gasteiger partial charge in [0.1, 0.15) is 23.0 Å². The summed E-state index contributed by atoms with van der Waals surface area (Å²) in [5, 5.41) is 0. The SMILES string of the molecule is COC.COC.Cc1ccc(Oc2ccc(C(C)(C)c3ccc(Oc4ccc(C)cc4)cc3)cc2)cc1.Cc1ccccc1.Cc1ccccc1.c1ccccc1. The van der Waals surface area contributed by atoms with E-state index in [0.717, 1.165) is 23.0 Å². The van der Waals surface area contributed by atoms with Gasteiger partial charge in [-0.05, 0) is 87.4 Å². The molecule has 0 aliphatic rings. The van der Waals surface area contributed by atoms with Gasteiger partial charge < -0.3 is 18.9 Å². The van der Waals surface area contributed by atoms with Crippen molar-refractivity contribution in [3.05, 3.63) is 228 Å². The number of aryl methyl sites for hydroxylation is 4. The highest BCUT2D eigenvalue weighted by molar-refractivity contribution is 5.43. The molecular formula is C53H62O4. The Kier molecular flexibility index (Phi) is 22.9. The highest BCUT2D eigenvalue weighted by Crippen LogP contribution is 2.34. The third-order valence-corrected chi connectivity index (χ3v) is 8.21. The van der Waals surface area contributed by atoms with E-state index in [4.69, 9.17) is 9.47 Å². The molecule has 7 rings (SSSR count). The Hall–Kier alpha value is -5.94. The second-order valence-electron chi connectivity index (χ2n) is 13.8. The van der Waals surface area contributed by atoms with Crippen molar-refractivity contribution in [2.75, 3.05) is 28.4 Å². The zero-order chi connectivity index (χ0) is 41.7. The first-order chi connectivity index (χ1) is 27.5. The Bertz CT molecular complexity index is 1810. The van der Waals surface area contributed by atoms with Crippen LogP contribution in [0.5, 0.6) is 23.0 Å². The molecule has 0 spiro atoms. The van der Waals surface area contributed by atoms with Crippen LogP contribution in [0.4, 0.5) is 0 Å². The summed E-state index contributed by atoms with van der Waals surface area (Å²) in [4.78, 5) is 0. The lowest BCUT2D eigenvalue weighted by molar-refractivity contribution is 0.277. The summed E-state index contributed by atoms with van der Waals surface area (Å²) in [7, 11) is 6.50. The summed E-state index contributed by atoms with van der Waals surface area (Å²) in [5.74, 6) is 3.37. The second kappa shape index (κ2) is 27.6. The summed E-state index contributed by atoms with van der Waals surface area (Å²) >= 11 is 0. The van der Waals surface area contributed by atoms with Crippen LogP contribution in [0.25, 0.3) is 0 Å². The van der Waals surface area contributed by atoms with Crippen LogP contribution in [0.1, 0.15) is 47.2 Å². The maximum absolute atomic E-state index is 5.97.